The number of aromatic hydroxyl groups is 1. The third-order valence-corrected chi connectivity index (χ3v) is 3.16. The van der Waals surface area contributed by atoms with Gasteiger partial charge < -0.3 is 10.2 Å². The Bertz CT molecular complexity index is 559. The van der Waals surface area contributed by atoms with Crippen molar-refractivity contribution in [1.82, 2.24) is 0 Å². The highest BCUT2D eigenvalue weighted by molar-refractivity contribution is 5.38. The quantitative estimate of drug-likeness (QED) is 0.854. The minimum absolute atomic E-state index is 0.129. The SMILES string of the molecule is Cc1ccc(C(C)(O)c2ccc(O)cc2)cc1F. The predicted octanol–water partition coefficient (Wildman–Crippen LogP) is 3.10. The summed E-state index contributed by atoms with van der Waals surface area (Å²) < 4.78 is 13.5. The highest BCUT2D eigenvalue weighted by atomic mass is 19.1. The standard InChI is InChI=1S/C15H15FO2/c1-10-3-4-12(9-14(10)16)15(2,18)11-5-7-13(17)8-6-11/h3-9,17-18H,1-2H3. The number of phenols is 1. The Morgan fingerprint density at radius 1 is 1.00 bits per heavy atom. The number of halogens is 1. The molecule has 0 amide bonds. The summed E-state index contributed by atoms with van der Waals surface area (Å²) in [7, 11) is 0. The minimum atomic E-state index is -1.29. The van der Waals surface area contributed by atoms with Gasteiger partial charge >= 0.3 is 0 Å². The van der Waals surface area contributed by atoms with Crippen LogP contribution in [0.5, 0.6) is 5.75 Å². The highest BCUT2D eigenvalue weighted by Gasteiger charge is 2.26. The Balaban J connectivity index is 2.46. The first-order valence-electron chi connectivity index (χ1n) is 5.70. The van der Waals surface area contributed by atoms with E-state index in [0.717, 1.165) is 0 Å². The van der Waals surface area contributed by atoms with E-state index in [0.29, 0.717) is 16.7 Å². The van der Waals surface area contributed by atoms with Gasteiger partial charge in [0.15, 0.2) is 0 Å². The Kier molecular flexibility index (Phi) is 3.09. The van der Waals surface area contributed by atoms with Gasteiger partial charge in [0.2, 0.25) is 0 Å². The first-order chi connectivity index (χ1) is 8.41. The van der Waals surface area contributed by atoms with Crippen molar-refractivity contribution in [2.75, 3.05) is 0 Å². The van der Waals surface area contributed by atoms with Gasteiger partial charge in [-0.3, -0.25) is 0 Å². The Labute approximate surface area is 105 Å². The number of aryl methyl sites for hydroxylation is 1. The molecular formula is C15H15FO2. The second-order valence-electron chi connectivity index (χ2n) is 4.58. The maximum absolute atomic E-state index is 13.5. The average Bonchev–Trinajstić information content (AvgIpc) is 2.33. The van der Waals surface area contributed by atoms with Crippen LogP contribution in [0.25, 0.3) is 0 Å². The maximum atomic E-state index is 13.5. The summed E-state index contributed by atoms with van der Waals surface area (Å²) in [6.45, 7) is 3.28. The zero-order valence-corrected chi connectivity index (χ0v) is 10.3. The molecule has 2 aromatic rings. The molecule has 0 fully saturated rings. The molecule has 2 nitrogen and oxygen atoms in total. The fraction of sp³-hybridized carbons (Fsp3) is 0.200. The van der Waals surface area contributed by atoms with Crippen LogP contribution in [0, 0.1) is 12.7 Å². The lowest BCUT2D eigenvalue weighted by Gasteiger charge is -2.25. The van der Waals surface area contributed by atoms with Gasteiger partial charge in [0, 0.05) is 0 Å². The van der Waals surface area contributed by atoms with Crippen molar-refractivity contribution in [1.29, 1.82) is 0 Å². The van der Waals surface area contributed by atoms with E-state index >= 15 is 0 Å². The first kappa shape index (κ1) is 12.6. The van der Waals surface area contributed by atoms with Crippen LogP contribution < -0.4 is 0 Å². The molecule has 2 rings (SSSR count). The number of aliphatic hydroxyl groups is 1. The van der Waals surface area contributed by atoms with Gasteiger partial charge in [0.25, 0.3) is 0 Å². The van der Waals surface area contributed by atoms with Crippen molar-refractivity contribution >= 4 is 0 Å². The zero-order chi connectivity index (χ0) is 13.3. The fourth-order valence-electron chi connectivity index (χ4n) is 1.85. The number of benzene rings is 2. The summed E-state index contributed by atoms with van der Waals surface area (Å²) in [5.41, 5.74) is 0.336. The minimum Gasteiger partial charge on any atom is -0.508 e. The van der Waals surface area contributed by atoms with E-state index < -0.39 is 5.60 Å². The summed E-state index contributed by atoms with van der Waals surface area (Å²) in [6, 6.07) is 10.9. The third kappa shape index (κ3) is 2.22. The van der Waals surface area contributed by atoms with Gasteiger partial charge in [-0.1, -0.05) is 24.3 Å². The molecule has 0 aromatic heterocycles. The molecule has 18 heavy (non-hydrogen) atoms. The molecule has 0 spiro atoms. The van der Waals surface area contributed by atoms with Crippen LogP contribution >= 0.6 is 0 Å². The van der Waals surface area contributed by atoms with E-state index in [1.165, 1.54) is 18.2 Å². The molecule has 0 aliphatic carbocycles. The molecule has 2 aromatic carbocycles. The largest absolute Gasteiger partial charge is 0.508 e. The maximum Gasteiger partial charge on any atom is 0.126 e. The molecule has 0 saturated heterocycles. The Hall–Kier alpha value is -1.87. The monoisotopic (exact) mass is 246 g/mol. The predicted molar refractivity (Wildman–Crippen MR) is 67.9 cm³/mol. The van der Waals surface area contributed by atoms with Crippen molar-refractivity contribution < 1.29 is 14.6 Å². The van der Waals surface area contributed by atoms with Crippen LogP contribution in [0.2, 0.25) is 0 Å². The van der Waals surface area contributed by atoms with Crippen molar-refractivity contribution in [3.8, 4) is 5.75 Å². The molecule has 0 aliphatic rings. The van der Waals surface area contributed by atoms with Gasteiger partial charge in [-0.05, 0) is 48.7 Å². The van der Waals surface area contributed by atoms with Crippen molar-refractivity contribution in [3.63, 3.8) is 0 Å². The average molecular weight is 246 g/mol. The lowest BCUT2D eigenvalue weighted by molar-refractivity contribution is 0.102. The van der Waals surface area contributed by atoms with Crippen LogP contribution in [0.15, 0.2) is 42.5 Å². The Morgan fingerprint density at radius 2 is 1.56 bits per heavy atom. The lowest BCUT2D eigenvalue weighted by atomic mass is 9.88. The van der Waals surface area contributed by atoms with Crippen molar-refractivity contribution in [2.24, 2.45) is 0 Å². The number of hydrogen-bond donors (Lipinski definition) is 2. The molecule has 2 N–H and O–H groups in total. The molecule has 0 radical (unpaired) electrons. The fourth-order valence-corrected chi connectivity index (χ4v) is 1.85. The number of hydrogen-bond acceptors (Lipinski definition) is 2. The van der Waals surface area contributed by atoms with E-state index in [1.54, 1.807) is 38.1 Å². The molecule has 0 aliphatic heterocycles. The summed E-state index contributed by atoms with van der Waals surface area (Å²) in [6.07, 6.45) is 0. The molecule has 0 heterocycles. The summed E-state index contributed by atoms with van der Waals surface area (Å²) >= 11 is 0. The summed E-state index contributed by atoms with van der Waals surface area (Å²) in [5.74, 6) is -0.212. The topological polar surface area (TPSA) is 40.5 Å². The van der Waals surface area contributed by atoms with Crippen LogP contribution in [0.3, 0.4) is 0 Å². The summed E-state index contributed by atoms with van der Waals surface area (Å²) in [5, 5.41) is 19.7. The van der Waals surface area contributed by atoms with E-state index in [9.17, 15) is 14.6 Å². The van der Waals surface area contributed by atoms with E-state index in [-0.39, 0.29) is 11.6 Å². The van der Waals surface area contributed by atoms with Gasteiger partial charge in [0.05, 0.1) is 0 Å². The van der Waals surface area contributed by atoms with Crippen molar-refractivity contribution in [3.05, 3.63) is 65.0 Å². The molecule has 3 heteroatoms. The second-order valence-corrected chi connectivity index (χ2v) is 4.58. The van der Waals surface area contributed by atoms with E-state index in [4.69, 9.17) is 0 Å². The third-order valence-electron chi connectivity index (χ3n) is 3.16. The highest BCUT2D eigenvalue weighted by Crippen LogP contribution is 2.30. The smallest absolute Gasteiger partial charge is 0.126 e. The van der Waals surface area contributed by atoms with E-state index in [2.05, 4.69) is 0 Å². The van der Waals surface area contributed by atoms with Crippen LogP contribution in [0.1, 0.15) is 23.6 Å². The van der Waals surface area contributed by atoms with Gasteiger partial charge in [-0.25, -0.2) is 4.39 Å². The molecule has 0 bridgehead atoms. The lowest BCUT2D eigenvalue weighted by Crippen LogP contribution is -2.22. The van der Waals surface area contributed by atoms with Crippen LogP contribution in [-0.4, -0.2) is 10.2 Å². The van der Waals surface area contributed by atoms with Crippen LogP contribution in [0.4, 0.5) is 4.39 Å². The zero-order valence-electron chi connectivity index (χ0n) is 10.3. The van der Waals surface area contributed by atoms with Crippen LogP contribution in [-0.2, 0) is 5.60 Å². The molecule has 0 saturated carbocycles. The summed E-state index contributed by atoms with van der Waals surface area (Å²) in [4.78, 5) is 0. The van der Waals surface area contributed by atoms with Gasteiger partial charge in [-0.15, -0.1) is 0 Å². The second kappa shape index (κ2) is 4.42. The molecule has 1 atom stereocenters. The molecular weight excluding hydrogens is 231 g/mol. The number of rotatable bonds is 2. The van der Waals surface area contributed by atoms with Crippen molar-refractivity contribution in [2.45, 2.75) is 19.4 Å². The van der Waals surface area contributed by atoms with Gasteiger partial charge in [0.1, 0.15) is 17.2 Å². The van der Waals surface area contributed by atoms with E-state index in [1.807, 2.05) is 0 Å². The molecule has 94 valence electrons. The number of phenolic OH excluding ortho intramolecular Hbond substituents is 1. The first-order valence-corrected chi connectivity index (χ1v) is 5.70. The Morgan fingerprint density at radius 3 is 2.11 bits per heavy atom. The molecule has 1 unspecified atom stereocenters. The van der Waals surface area contributed by atoms with Gasteiger partial charge in [-0.2, -0.15) is 0 Å². The normalized spacial score (nSPS) is 14.2.